The maximum absolute atomic E-state index is 11.4. The molecule has 4 nitrogen and oxygen atoms in total. The Morgan fingerprint density at radius 2 is 1.41 bits per heavy atom. The second-order valence-corrected chi connectivity index (χ2v) is 7.31. The van der Waals surface area contributed by atoms with E-state index in [1.165, 1.54) is 51.4 Å². The molecule has 0 aliphatic carbocycles. The third-order valence-electron chi connectivity index (χ3n) is 3.46. The van der Waals surface area contributed by atoms with E-state index in [9.17, 15) is 4.79 Å². The zero-order chi connectivity index (χ0) is 15.2. The second-order valence-electron chi connectivity index (χ2n) is 6.04. The van der Waals surface area contributed by atoms with E-state index >= 15 is 0 Å². The molecule has 5 heteroatoms. The maximum Gasteiger partial charge on any atom is -2.00 e. The van der Waals surface area contributed by atoms with Crippen molar-refractivity contribution in [3.63, 3.8) is 0 Å². The quantitative estimate of drug-likeness (QED) is 0.255. The summed E-state index contributed by atoms with van der Waals surface area (Å²) < 4.78 is 5.89. The minimum atomic E-state index is -0.0388. The van der Waals surface area contributed by atoms with Gasteiger partial charge in [-0.1, -0.05) is 0 Å². The van der Waals surface area contributed by atoms with Gasteiger partial charge in [0.15, 0.2) is 0 Å². The largest absolute Gasteiger partial charge is 2.00 e. The van der Waals surface area contributed by atoms with Crippen LogP contribution in [0.1, 0.15) is 91.4 Å². The molecule has 1 unspecified atom stereocenters. The van der Waals surface area contributed by atoms with Crippen LogP contribution in [0.25, 0.3) is 0 Å². The predicted octanol–water partition coefficient (Wildman–Crippen LogP) is 5.35. The predicted molar refractivity (Wildman–Crippen MR) is 82.8 cm³/mol. The van der Waals surface area contributed by atoms with Crippen LogP contribution in [0, 0.1) is 0 Å². The fourth-order valence-corrected chi connectivity index (χ4v) is 2.94. The first-order chi connectivity index (χ1) is 9.56. The molecule has 0 aromatic heterocycles. The molecule has 1 atom stereocenters. The summed E-state index contributed by atoms with van der Waals surface area (Å²) in [5.41, 5.74) is 0. The van der Waals surface area contributed by atoms with Crippen molar-refractivity contribution < 1.29 is 40.9 Å². The van der Waals surface area contributed by atoms with Crippen LogP contribution in [-0.4, -0.2) is 12.1 Å². The first kappa shape index (κ1) is 27.0. The van der Waals surface area contributed by atoms with Gasteiger partial charge in [0.05, 0.1) is 0 Å². The summed E-state index contributed by atoms with van der Waals surface area (Å²) in [6.07, 6.45) is 13.7. The number of hydrogen-bond donors (Lipinski definition) is 0. The molecule has 22 heavy (non-hydrogen) atoms. The molecule has 0 aliphatic heterocycles. The molecule has 0 fully saturated rings. The molecule has 0 aromatic rings. The molecule has 0 aliphatic rings. The average molecular weight is 349 g/mol. The van der Waals surface area contributed by atoms with E-state index in [4.69, 9.17) is 4.74 Å². The Hall–Kier alpha value is 0.104. The SMILES string of the molecule is CCCCCCCCC[CH]([Ti+4])CCCC(=O)OC(C)C.[O-2].[O-2]. The molecule has 0 spiro atoms. The molecule has 129 valence electrons. The van der Waals surface area contributed by atoms with Gasteiger partial charge in [0.1, 0.15) is 0 Å². The second kappa shape index (κ2) is 19.2. The molecule has 0 aromatic carbocycles. The Balaban J connectivity index is -0.00000180. The summed E-state index contributed by atoms with van der Waals surface area (Å²) in [4.78, 5) is 11.4. The number of ether oxygens (including phenoxy) is 1. The van der Waals surface area contributed by atoms with Crippen LogP contribution in [0.4, 0.5) is 0 Å². The van der Waals surface area contributed by atoms with Crippen molar-refractivity contribution in [1.82, 2.24) is 0 Å². The zero-order valence-corrected chi connectivity index (χ0v) is 16.1. The fourth-order valence-electron chi connectivity index (χ4n) is 2.31. The van der Waals surface area contributed by atoms with Gasteiger partial charge in [-0.3, -0.25) is 0 Å². The van der Waals surface area contributed by atoms with Crippen molar-refractivity contribution in [3.05, 3.63) is 0 Å². The molecule has 0 N–H and O–H groups in total. The first-order valence-corrected chi connectivity index (χ1v) is 9.37. The molecule has 0 bridgehead atoms. The van der Waals surface area contributed by atoms with Crippen molar-refractivity contribution >= 4 is 5.97 Å². The van der Waals surface area contributed by atoms with Crippen LogP contribution in [-0.2, 0) is 40.9 Å². The Bertz CT molecular complexity index is 235. The van der Waals surface area contributed by atoms with Gasteiger partial charge in [-0.05, 0) is 0 Å². The minimum absolute atomic E-state index is 0. The van der Waals surface area contributed by atoms with Crippen LogP contribution >= 0.6 is 0 Å². The maximum atomic E-state index is 11.4. The number of esters is 1. The number of unbranched alkanes of at least 4 members (excludes halogenated alkanes) is 6. The smallest absolute Gasteiger partial charge is 2.00 e. The van der Waals surface area contributed by atoms with E-state index in [1.807, 2.05) is 13.8 Å². The topological polar surface area (TPSA) is 83.3 Å². The van der Waals surface area contributed by atoms with Gasteiger partial charge in [-0.15, -0.1) is 0 Å². The average Bonchev–Trinajstić information content (AvgIpc) is 2.36. The summed E-state index contributed by atoms with van der Waals surface area (Å²) in [6, 6.07) is 0. The molecule has 0 amide bonds. The standard InChI is InChI=1S/C17H33O2.2O.Ti/c1-4-5-6-7-8-9-10-11-12-13-14-15-17(18)19-16(2)3;;;/h12,16H,4-11,13-15H2,1-3H3;;;/q;2*-2;+4. The Morgan fingerprint density at radius 1 is 0.909 bits per heavy atom. The first-order valence-electron chi connectivity index (χ1n) is 8.46. The van der Waals surface area contributed by atoms with E-state index in [0.717, 1.165) is 17.1 Å². The monoisotopic (exact) mass is 349 g/mol. The zero-order valence-electron chi connectivity index (χ0n) is 14.6. The van der Waals surface area contributed by atoms with Gasteiger partial charge in [0, 0.05) is 0 Å². The van der Waals surface area contributed by atoms with E-state index in [2.05, 4.69) is 27.4 Å². The number of carbonyl (C=O) groups is 1. The van der Waals surface area contributed by atoms with Gasteiger partial charge in [-0.2, -0.15) is 0 Å². The van der Waals surface area contributed by atoms with E-state index in [0.29, 0.717) is 6.42 Å². The summed E-state index contributed by atoms with van der Waals surface area (Å²) in [5, 5.41) is 0. The Labute approximate surface area is 148 Å². The van der Waals surface area contributed by atoms with Gasteiger partial charge in [0.2, 0.25) is 0 Å². The summed E-state index contributed by atoms with van der Waals surface area (Å²) >= 11 is 2.31. The molecule has 0 heterocycles. The van der Waals surface area contributed by atoms with Gasteiger partial charge >= 0.3 is 138 Å². The van der Waals surface area contributed by atoms with Gasteiger partial charge < -0.3 is 11.0 Å². The molecule has 0 saturated heterocycles. The van der Waals surface area contributed by atoms with E-state index < -0.39 is 0 Å². The molecular formula is C17H33O4Ti. The molecule has 0 radical (unpaired) electrons. The summed E-state index contributed by atoms with van der Waals surface area (Å²) in [6.45, 7) is 6.07. The third kappa shape index (κ3) is 20.1. The van der Waals surface area contributed by atoms with Crippen molar-refractivity contribution in [2.45, 2.75) is 102 Å². The van der Waals surface area contributed by atoms with Gasteiger partial charge in [0.25, 0.3) is 0 Å². The minimum Gasteiger partial charge on any atom is -2.00 e. The van der Waals surface area contributed by atoms with Crippen LogP contribution in [0.2, 0.25) is 4.22 Å². The van der Waals surface area contributed by atoms with Crippen LogP contribution < -0.4 is 0 Å². The fraction of sp³-hybridized carbons (Fsp3) is 0.941. The van der Waals surface area contributed by atoms with E-state index in [1.54, 1.807) is 0 Å². The van der Waals surface area contributed by atoms with Crippen molar-refractivity contribution in [2.75, 3.05) is 0 Å². The third-order valence-corrected chi connectivity index (χ3v) is 4.36. The summed E-state index contributed by atoms with van der Waals surface area (Å²) in [5.74, 6) is -0.0388. The molecule has 0 saturated carbocycles. The number of hydrogen-bond acceptors (Lipinski definition) is 2. The van der Waals surface area contributed by atoms with E-state index in [-0.39, 0.29) is 23.0 Å². The Kier molecular flexibility index (Phi) is 23.5. The Morgan fingerprint density at radius 3 is 1.95 bits per heavy atom. The van der Waals surface area contributed by atoms with Gasteiger partial charge in [-0.25, -0.2) is 0 Å². The van der Waals surface area contributed by atoms with Crippen LogP contribution in [0.3, 0.4) is 0 Å². The normalized spacial score (nSPS) is 11.5. The van der Waals surface area contributed by atoms with Crippen molar-refractivity contribution in [2.24, 2.45) is 0 Å². The van der Waals surface area contributed by atoms with Crippen LogP contribution in [0.5, 0.6) is 0 Å². The van der Waals surface area contributed by atoms with Crippen LogP contribution in [0.15, 0.2) is 0 Å². The molecule has 0 rings (SSSR count). The summed E-state index contributed by atoms with van der Waals surface area (Å²) in [7, 11) is 0. The number of carbonyl (C=O) groups excluding carboxylic acids is 1. The number of rotatable bonds is 13. The van der Waals surface area contributed by atoms with Crippen molar-refractivity contribution in [1.29, 1.82) is 0 Å². The van der Waals surface area contributed by atoms with Crippen molar-refractivity contribution in [3.8, 4) is 0 Å². The molecular weight excluding hydrogens is 316 g/mol.